The first-order valence-corrected chi connectivity index (χ1v) is 7.51. The van der Waals surface area contributed by atoms with Crippen molar-refractivity contribution in [3.05, 3.63) is 46.2 Å². The molecule has 0 aromatic heterocycles. The molecule has 1 N–H and O–H groups in total. The normalized spacial score (nSPS) is 19.0. The van der Waals surface area contributed by atoms with E-state index < -0.39 is 11.6 Å². The number of halogens is 1. The fraction of sp³-hybridized carbons (Fsp3) is 0.412. The van der Waals surface area contributed by atoms with Crippen LogP contribution in [0.3, 0.4) is 0 Å². The third kappa shape index (κ3) is 3.89. The van der Waals surface area contributed by atoms with Crippen molar-refractivity contribution in [3.8, 4) is 0 Å². The van der Waals surface area contributed by atoms with Crippen molar-refractivity contribution in [2.45, 2.75) is 45.8 Å². The number of nitrogens with zero attached hydrogens (tertiary/aromatic N) is 1. The Morgan fingerprint density at radius 2 is 2.09 bits per heavy atom. The minimum Gasteiger partial charge on any atom is -0.511 e. The molecule has 0 saturated heterocycles. The summed E-state index contributed by atoms with van der Waals surface area (Å²) in [6, 6.07) is 7.09. The molecular weight excluding hydrogens is 302 g/mol. The molecule has 22 heavy (non-hydrogen) atoms. The summed E-state index contributed by atoms with van der Waals surface area (Å²) in [6.45, 7) is 7.05. The zero-order valence-corrected chi connectivity index (χ0v) is 13.9. The summed E-state index contributed by atoms with van der Waals surface area (Å²) in [5, 5.41) is 10.9. The molecule has 5 heteroatoms. The van der Waals surface area contributed by atoms with Crippen molar-refractivity contribution >= 4 is 23.3 Å². The number of carbonyl (C=O) groups excluding carboxylic acids is 1. The predicted octanol–water partition coefficient (Wildman–Crippen LogP) is 4.40. The van der Waals surface area contributed by atoms with Gasteiger partial charge in [0.15, 0.2) is 0 Å². The molecule has 1 aliphatic rings. The highest BCUT2D eigenvalue weighted by molar-refractivity contribution is 6.30. The minimum atomic E-state index is -0.617. The van der Waals surface area contributed by atoms with Crippen LogP contribution in [0.15, 0.2) is 40.6 Å². The van der Waals surface area contributed by atoms with E-state index in [1.54, 1.807) is 33.8 Å². The predicted molar refractivity (Wildman–Crippen MR) is 87.4 cm³/mol. The Hall–Kier alpha value is -1.81. The standard InChI is InChI=1S/C17H20ClNO3/c1-10-15(16(21)22-17(2,3)4)14(20)9-13(19-10)11-6-5-7-12(18)8-11/h5-8,13,20H,9H2,1-4H3. The van der Waals surface area contributed by atoms with Crippen LogP contribution in [0.25, 0.3) is 0 Å². The van der Waals surface area contributed by atoms with Crippen LogP contribution in [-0.4, -0.2) is 22.4 Å². The molecule has 1 unspecified atom stereocenters. The number of rotatable bonds is 2. The lowest BCUT2D eigenvalue weighted by atomic mass is 9.96. The van der Waals surface area contributed by atoms with E-state index in [2.05, 4.69) is 4.99 Å². The molecule has 0 radical (unpaired) electrons. The Labute approximate surface area is 135 Å². The average molecular weight is 322 g/mol. The van der Waals surface area contributed by atoms with Crippen molar-refractivity contribution in [3.63, 3.8) is 0 Å². The van der Waals surface area contributed by atoms with Gasteiger partial charge in [-0.25, -0.2) is 4.79 Å². The first-order chi connectivity index (χ1) is 10.2. The summed E-state index contributed by atoms with van der Waals surface area (Å²) < 4.78 is 5.32. The van der Waals surface area contributed by atoms with Crippen LogP contribution >= 0.6 is 11.6 Å². The minimum absolute atomic E-state index is 0.00623. The molecule has 0 spiro atoms. The molecule has 0 fully saturated rings. The number of dihydropyridines is 1. The Kier molecular flexibility index (Phi) is 4.61. The highest BCUT2D eigenvalue weighted by atomic mass is 35.5. The largest absolute Gasteiger partial charge is 0.511 e. The first kappa shape index (κ1) is 16.6. The van der Waals surface area contributed by atoms with Crippen molar-refractivity contribution in [2.24, 2.45) is 4.99 Å². The quantitative estimate of drug-likeness (QED) is 0.821. The summed E-state index contributed by atoms with van der Waals surface area (Å²) in [5.41, 5.74) is 0.923. The maximum Gasteiger partial charge on any atom is 0.343 e. The van der Waals surface area contributed by atoms with Gasteiger partial charge in [0, 0.05) is 11.4 Å². The van der Waals surface area contributed by atoms with Crippen molar-refractivity contribution in [1.29, 1.82) is 0 Å². The van der Waals surface area contributed by atoms with Crippen LogP contribution in [0.4, 0.5) is 0 Å². The molecule has 1 aromatic rings. The topological polar surface area (TPSA) is 58.9 Å². The molecule has 2 rings (SSSR count). The van der Waals surface area contributed by atoms with E-state index in [0.29, 0.717) is 10.7 Å². The Morgan fingerprint density at radius 1 is 1.41 bits per heavy atom. The lowest BCUT2D eigenvalue weighted by Crippen LogP contribution is -2.29. The van der Waals surface area contributed by atoms with E-state index in [1.807, 2.05) is 18.2 Å². The van der Waals surface area contributed by atoms with Crippen LogP contribution < -0.4 is 0 Å². The van der Waals surface area contributed by atoms with Gasteiger partial charge in [0.05, 0.1) is 11.8 Å². The fourth-order valence-electron chi connectivity index (χ4n) is 2.34. The van der Waals surface area contributed by atoms with Crippen molar-refractivity contribution < 1.29 is 14.6 Å². The zero-order chi connectivity index (χ0) is 16.5. The van der Waals surface area contributed by atoms with Gasteiger partial charge in [0.2, 0.25) is 0 Å². The SMILES string of the molecule is CC1=NC(c2cccc(Cl)c2)CC(O)=C1C(=O)OC(C)(C)C. The summed E-state index contributed by atoms with van der Waals surface area (Å²) >= 11 is 5.99. The lowest BCUT2D eigenvalue weighted by Gasteiger charge is -2.25. The van der Waals surface area contributed by atoms with Gasteiger partial charge >= 0.3 is 5.97 Å². The van der Waals surface area contributed by atoms with Crippen LogP contribution in [0.5, 0.6) is 0 Å². The number of aliphatic imine (C=N–C) groups is 1. The highest BCUT2D eigenvalue weighted by Crippen LogP contribution is 2.32. The zero-order valence-electron chi connectivity index (χ0n) is 13.2. The number of hydrogen-bond donors (Lipinski definition) is 1. The molecular formula is C17H20ClNO3. The smallest absolute Gasteiger partial charge is 0.343 e. The molecule has 1 aromatic carbocycles. The van der Waals surface area contributed by atoms with Gasteiger partial charge < -0.3 is 9.84 Å². The number of esters is 1. The number of benzene rings is 1. The van der Waals surface area contributed by atoms with Crippen LogP contribution in [0.1, 0.15) is 45.7 Å². The van der Waals surface area contributed by atoms with Crippen molar-refractivity contribution in [1.82, 2.24) is 0 Å². The molecule has 0 aliphatic carbocycles. The van der Waals surface area contributed by atoms with Crippen LogP contribution in [0, 0.1) is 0 Å². The second-order valence-electron chi connectivity index (χ2n) is 6.31. The molecule has 0 amide bonds. The molecule has 0 saturated carbocycles. The monoisotopic (exact) mass is 321 g/mol. The Bertz CT molecular complexity index is 656. The molecule has 4 nitrogen and oxygen atoms in total. The maximum atomic E-state index is 12.2. The summed E-state index contributed by atoms with van der Waals surface area (Å²) in [4.78, 5) is 16.7. The van der Waals surface area contributed by atoms with Gasteiger partial charge in [-0.15, -0.1) is 0 Å². The van der Waals surface area contributed by atoms with Gasteiger partial charge in [-0.1, -0.05) is 23.7 Å². The third-order valence-electron chi connectivity index (χ3n) is 3.22. The van der Waals surface area contributed by atoms with Crippen LogP contribution in [-0.2, 0) is 9.53 Å². The fourth-order valence-corrected chi connectivity index (χ4v) is 2.54. The number of ether oxygens (including phenoxy) is 1. The Morgan fingerprint density at radius 3 is 2.64 bits per heavy atom. The van der Waals surface area contributed by atoms with Gasteiger partial charge in [-0.05, 0) is 45.4 Å². The maximum absolute atomic E-state index is 12.2. The Balaban J connectivity index is 2.26. The van der Waals surface area contributed by atoms with E-state index in [1.165, 1.54) is 0 Å². The van der Waals surface area contributed by atoms with Crippen molar-refractivity contribution in [2.75, 3.05) is 0 Å². The van der Waals surface area contributed by atoms with Gasteiger partial charge in [0.1, 0.15) is 16.9 Å². The molecule has 0 bridgehead atoms. The number of carbonyl (C=O) groups is 1. The van der Waals surface area contributed by atoms with E-state index in [-0.39, 0.29) is 23.8 Å². The summed E-state index contributed by atoms with van der Waals surface area (Å²) in [6.07, 6.45) is 0.256. The molecule has 1 atom stereocenters. The van der Waals surface area contributed by atoms with E-state index >= 15 is 0 Å². The highest BCUT2D eigenvalue weighted by Gasteiger charge is 2.30. The second kappa shape index (κ2) is 6.13. The lowest BCUT2D eigenvalue weighted by molar-refractivity contribution is -0.149. The molecule has 1 heterocycles. The number of aliphatic hydroxyl groups is 1. The first-order valence-electron chi connectivity index (χ1n) is 7.13. The van der Waals surface area contributed by atoms with Gasteiger partial charge in [-0.2, -0.15) is 0 Å². The van der Waals surface area contributed by atoms with E-state index in [0.717, 1.165) is 5.56 Å². The van der Waals surface area contributed by atoms with E-state index in [9.17, 15) is 9.90 Å². The number of hydrogen-bond acceptors (Lipinski definition) is 4. The van der Waals surface area contributed by atoms with Crippen LogP contribution in [0.2, 0.25) is 5.02 Å². The third-order valence-corrected chi connectivity index (χ3v) is 3.46. The van der Waals surface area contributed by atoms with Gasteiger partial charge in [0.25, 0.3) is 0 Å². The molecule has 118 valence electrons. The van der Waals surface area contributed by atoms with E-state index in [4.69, 9.17) is 16.3 Å². The average Bonchev–Trinajstić information content (AvgIpc) is 2.35. The second-order valence-corrected chi connectivity index (χ2v) is 6.75. The number of aliphatic hydroxyl groups excluding tert-OH is 1. The summed E-state index contributed by atoms with van der Waals surface area (Å²) in [5.74, 6) is -0.539. The molecule has 1 aliphatic heterocycles. The van der Waals surface area contributed by atoms with Gasteiger partial charge in [-0.3, -0.25) is 4.99 Å². The summed E-state index contributed by atoms with van der Waals surface area (Å²) in [7, 11) is 0.